The molecule has 0 fully saturated rings. The zero-order chi connectivity index (χ0) is 9.07. The maximum atomic E-state index is 10.5. The predicted molar refractivity (Wildman–Crippen MR) is 40.9 cm³/mol. The highest BCUT2D eigenvalue weighted by Crippen LogP contribution is 1.97. The third kappa shape index (κ3) is 7.73. The molecule has 6 heteroatoms. The van der Waals surface area contributed by atoms with Gasteiger partial charge in [0.05, 0.1) is 0 Å². The number of aliphatic hydroxyl groups is 3. The Hall–Kier alpha value is -0.378. The molecule has 0 aromatic carbocycles. The molecule has 0 saturated carbocycles. The summed E-state index contributed by atoms with van der Waals surface area (Å²) in [4.78, 5) is 10.5. The lowest BCUT2D eigenvalue weighted by Crippen LogP contribution is -2.34. The molecule has 0 aromatic rings. The van der Waals surface area contributed by atoms with E-state index < -0.39 is 18.5 Å². The molecule has 0 heterocycles. The Kier molecular flexibility index (Phi) is 6.26. The fraction of sp³-hybridized carbons (Fsp3) is 0.500. The van der Waals surface area contributed by atoms with E-state index in [0.29, 0.717) is 0 Å². The van der Waals surface area contributed by atoms with Gasteiger partial charge in [-0.15, -0.1) is 0 Å². The molecule has 0 bridgehead atoms. The summed E-state index contributed by atoms with van der Waals surface area (Å²) in [6, 6.07) is 0. The van der Waals surface area contributed by atoms with Crippen LogP contribution in [0.4, 0.5) is 0 Å². The summed E-state index contributed by atoms with van der Waals surface area (Å²) in [5.74, 6) is -3.75. The summed E-state index contributed by atoms with van der Waals surface area (Å²) in [5, 5.41) is 24.8. The van der Waals surface area contributed by atoms with Crippen molar-refractivity contribution in [1.29, 1.82) is 0 Å². The van der Waals surface area contributed by atoms with Gasteiger partial charge in [-0.25, -0.2) is 4.79 Å². The van der Waals surface area contributed by atoms with E-state index in [9.17, 15) is 4.79 Å². The van der Waals surface area contributed by atoms with Gasteiger partial charge in [0.25, 0.3) is 0 Å². The van der Waals surface area contributed by atoms with Crippen LogP contribution in [0.1, 0.15) is 6.92 Å². The zero-order valence-corrected chi connectivity index (χ0v) is 7.80. The van der Waals surface area contributed by atoms with Crippen molar-refractivity contribution in [2.24, 2.45) is 0 Å². The van der Waals surface area contributed by atoms with Crippen LogP contribution in [0.5, 0.6) is 0 Å². The van der Waals surface area contributed by atoms with Crippen LogP contribution in [0.3, 0.4) is 0 Å². The Labute approximate surface area is 80.4 Å². The number of hydrogen-bond acceptors (Lipinski definition) is 5. The standard InChI is InChI=1S/C6H10O5.Al/c1-4(2)5(7)11-3-6(8,9)10;/h8-10H,1,3H2,2H3;. The van der Waals surface area contributed by atoms with Gasteiger partial charge in [0.2, 0.25) is 0 Å². The summed E-state index contributed by atoms with van der Waals surface area (Å²) in [6.07, 6.45) is 0. The van der Waals surface area contributed by atoms with Gasteiger partial charge in [-0.05, 0) is 6.92 Å². The summed E-state index contributed by atoms with van der Waals surface area (Å²) >= 11 is 0. The number of carbonyl (C=O) groups is 1. The third-order valence-corrected chi connectivity index (χ3v) is 0.745. The van der Waals surface area contributed by atoms with Gasteiger partial charge in [0, 0.05) is 22.9 Å². The van der Waals surface area contributed by atoms with Gasteiger partial charge in [0.15, 0.2) is 6.61 Å². The average molecular weight is 189 g/mol. The second-order valence-corrected chi connectivity index (χ2v) is 2.13. The lowest BCUT2D eigenvalue weighted by molar-refractivity contribution is -0.327. The molecule has 0 amide bonds. The number of ether oxygens (including phenoxy) is 1. The monoisotopic (exact) mass is 189 g/mol. The van der Waals surface area contributed by atoms with Crippen LogP contribution in [0.15, 0.2) is 12.2 Å². The third-order valence-electron chi connectivity index (χ3n) is 0.745. The van der Waals surface area contributed by atoms with Crippen molar-refractivity contribution in [1.82, 2.24) is 0 Å². The van der Waals surface area contributed by atoms with Crippen LogP contribution in [0.2, 0.25) is 0 Å². The molecule has 0 aromatic heterocycles. The maximum Gasteiger partial charge on any atom is 0.333 e. The lowest BCUT2D eigenvalue weighted by Gasteiger charge is -2.13. The molecule has 0 spiro atoms. The Bertz CT molecular complexity index is 171. The van der Waals surface area contributed by atoms with Crippen molar-refractivity contribution in [3.05, 3.63) is 12.2 Å². The van der Waals surface area contributed by atoms with Crippen LogP contribution in [0, 0.1) is 0 Å². The number of rotatable bonds is 3. The molecule has 3 N–H and O–H groups in total. The van der Waals surface area contributed by atoms with E-state index in [4.69, 9.17) is 15.3 Å². The molecule has 0 aliphatic rings. The highest BCUT2D eigenvalue weighted by atomic mass is 27.0. The van der Waals surface area contributed by atoms with Crippen LogP contribution in [-0.2, 0) is 9.53 Å². The Morgan fingerprint density at radius 2 is 1.92 bits per heavy atom. The molecular formula is C6H10AlO5. The second kappa shape index (κ2) is 5.30. The molecule has 0 rings (SSSR count). The van der Waals surface area contributed by atoms with Crippen LogP contribution < -0.4 is 0 Å². The largest absolute Gasteiger partial charge is 0.454 e. The van der Waals surface area contributed by atoms with Gasteiger partial charge in [-0.1, -0.05) is 6.58 Å². The molecule has 0 saturated heterocycles. The molecule has 12 heavy (non-hydrogen) atoms. The Balaban J connectivity index is 0. The molecule has 0 aliphatic carbocycles. The van der Waals surface area contributed by atoms with Crippen LogP contribution >= 0.6 is 0 Å². The van der Waals surface area contributed by atoms with Crippen LogP contribution in [0.25, 0.3) is 0 Å². The van der Waals surface area contributed by atoms with E-state index in [1.165, 1.54) is 6.92 Å². The minimum absolute atomic E-state index is 0. The lowest BCUT2D eigenvalue weighted by atomic mass is 10.4. The van der Waals surface area contributed by atoms with Gasteiger partial charge in [-0.2, -0.15) is 0 Å². The second-order valence-electron chi connectivity index (χ2n) is 2.13. The molecule has 3 radical (unpaired) electrons. The Morgan fingerprint density at radius 3 is 2.17 bits per heavy atom. The predicted octanol–water partition coefficient (Wildman–Crippen LogP) is -1.64. The molecular weight excluding hydrogens is 179 g/mol. The number of hydrogen-bond donors (Lipinski definition) is 3. The maximum absolute atomic E-state index is 10.5. The molecule has 5 nitrogen and oxygen atoms in total. The van der Waals surface area contributed by atoms with Gasteiger partial charge < -0.3 is 20.1 Å². The van der Waals surface area contributed by atoms with E-state index >= 15 is 0 Å². The zero-order valence-electron chi connectivity index (χ0n) is 6.65. The normalized spacial score (nSPS) is 10.0. The topological polar surface area (TPSA) is 87.0 Å². The molecule has 0 aliphatic heterocycles. The quantitative estimate of drug-likeness (QED) is 0.214. The first-order chi connectivity index (χ1) is 4.83. The fourth-order valence-corrected chi connectivity index (χ4v) is 0.286. The summed E-state index contributed by atoms with van der Waals surface area (Å²) in [6.45, 7) is 3.75. The first kappa shape index (κ1) is 14.2. The summed E-state index contributed by atoms with van der Waals surface area (Å²) in [5.41, 5.74) is 0.120. The smallest absolute Gasteiger partial charge is 0.333 e. The SMILES string of the molecule is C=C(C)C(=O)OCC(O)(O)O.[Al]. The van der Waals surface area contributed by atoms with Gasteiger partial charge >= 0.3 is 11.9 Å². The molecule has 67 valence electrons. The van der Waals surface area contributed by atoms with Crippen molar-refractivity contribution in [2.45, 2.75) is 12.9 Å². The van der Waals surface area contributed by atoms with Crippen molar-refractivity contribution in [3.63, 3.8) is 0 Å². The average Bonchev–Trinajstić information content (AvgIpc) is 1.80. The highest BCUT2D eigenvalue weighted by Gasteiger charge is 2.20. The molecule has 0 unspecified atom stereocenters. The van der Waals surface area contributed by atoms with Crippen molar-refractivity contribution >= 4 is 23.3 Å². The van der Waals surface area contributed by atoms with Gasteiger partial charge in [0.1, 0.15) is 0 Å². The van der Waals surface area contributed by atoms with Crippen LogP contribution in [-0.4, -0.2) is 51.2 Å². The van der Waals surface area contributed by atoms with E-state index in [1.54, 1.807) is 0 Å². The van der Waals surface area contributed by atoms with Gasteiger partial charge in [-0.3, -0.25) is 0 Å². The minimum Gasteiger partial charge on any atom is -0.454 e. The number of esters is 1. The molecule has 0 atom stereocenters. The van der Waals surface area contributed by atoms with Crippen molar-refractivity contribution in [3.8, 4) is 0 Å². The van der Waals surface area contributed by atoms with E-state index in [-0.39, 0.29) is 22.9 Å². The van der Waals surface area contributed by atoms with Crippen molar-refractivity contribution < 1.29 is 24.9 Å². The minimum atomic E-state index is -2.97. The fourth-order valence-electron chi connectivity index (χ4n) is 0.286. The Morgan fingerprint density at radius 1 is 1.50 bits per heavy atom. The van der Waals surface area contributed by atoms with E-state index in [0.717, 1.165) is 0 Å². The first-order valence-corrected chi connectivity index (χ1v) is 2.82. The summed E-state index contributed by atoms with van der Waals surface area (Å²) in [7, 11) is 0. The summed E-state index contributed by atoms with van der Waals surface area (Å²) < 4.78 is 4.18. The van der Waals surface area contributed by atoms with E-state index in [2.05, 4.69) is 11.3 Å². The van der Waals surface area contributed by atoms with Crippen molar-refractivity contribution in [2.75, 3.05) is 6.61 Å². The first-order valence-electron chi connectivity index (χ1n) is 2.82. The number of carbonyl (C=O) groups excluding carboxylic acids is 1. The highest BCUT2D eigenvalue weighted by molar-refractivity contribution is 5.86. The van der Waals surface area contributed by atoms with E-state index in [1.807, 2.05) is 0 Å².